The molecule has 0 aliphatic heterocycles. The quantitative estimate of drug-likeness (QED) is 0.609. The molecule has 0 saturated heterocycles. The zero-order valence-electron chi connectivity index (χ0n) is 14.6. The average molecular weight is 360 g/mol. The molecule has 7 heteroatoms. The van der Waals surface area contributed by atoms with Crippen molar-refractivity contribution >= 4 is 39.7 Å². The van der Waals surface area contributed by atoms with Gasteiger partial charge in [-0.05, 0) is 38.5 Å². The number of hydrogen-bond donors (Lipinski definition) is 2. The third kappa shape index (κ3) is 4.24. The Morgan fingerprint density at radius 2 is 1.84 bits per heavy atom. The van der Waals surface area contributed by atoms with Gasteiger partial charge in [0.25, 0.3) is 0 Å². The van der Waals surface area contributed by atoms with Gasteiger partial charge in [-0.3, -0.25) is 9.59 Å². The van der Waals surface area contributed by atoms with Gasteiger partial charge in [-0.25, -0.2) is 4.79 Å². The summed E-state index contributed by atoms with van der Waals surface area (Å²) < 4.78 is 4.79. The molecule has 1 amide bonds. The smallest absolute Gasteiger partial charge is 0.341 e. The largest absolute Gasteiger partial charge is 0.465 e. The first-order valence-corrected chi connectivity index (χ1v) is 8.48. The maximum absolute atomic E-state index is 12.2. The summed E-state index contributed by atoms with van der Waals surface area (Å²) in [6, 6.07) is 6.99. The molecule has 0 fully saturated rings. The summed E-state index contributed by atoms with van der Waals surface area (Å²) in [4.78, 5) is 36.7. The average Bonchev–Trinajstić information content (AvgIpc) is 2.86. The highest BCUT2D eigenvalue weighted by molar-refractivity contribution is 7.16. The minimum Gasteiger partial charge on any atom is -0.465 e. The molecule has 2 rings (SSSR count). The minimum absolute atomic E-state index is 0.0269. The number of rotatable bonds is 6. The van der Waals surface area contributed by atoms with E-state index >= 15 is 0 Å². The lowest BCUT2D eigenvalue weighted by atomic mass is 10.1. The molecule has 0 saturated carbocycles. The van der Waals surface area contributed by atoms with Crippen LogP contribution in [0.4, 0.5) is 10.7 Å². The number of ether oxygens (including phenoxy) is 1. The molecule has 0 atom stereocenters. The Morgan fingerprint density at radius 1 is 1.16 bits per heavy atom. The van der Waals surface area contributed by atoms with Crippen molar-refractivity contribution in [1.82, 2.24) is 0 Å². The summed E-state index contributed by atoms with van der Waals surface area (Å²) in [7, 11) is 1.31. The topological polar surface area (TPSA) is 84.5 Å². The molecule has 132 valence electrons. The van der Waals surface area contributed by atoms with Crippen molar-refractivity contribution in [3.8, 4) is 0 Å². The van der Waals surface area contributed by atoms with Crippen molar-refractivity contribution in [1.29, 1.82) is 0 Å². The maximum atomic E-state index is 12.2. The van der Waals surface area contributed by atoms with Gasteiger partial charge in [0.1, 0.15) is 5.00 Å². The number of para-hydroxylation sites is 1. The van der Waals surface area contributed by atoms with Crippen molar-refractivity contribution in [3.05, 3.63) is 45.8 Å². The number of ketones is 1. The molecular formula is C18H20N2O4S. The van der Waals surface area contributed by atoms with Crippen LogP contribution in [0.15, 0.2) is 24.3 Å². The van der Waals surface area contributed by atoms with Crippen LogP contribution in [0.1, 0.15) is 38.1 Å². The van der Waals surface area contributed by atoms with Crippen molar-refractivity contribution in [2.24, 2.45) is 0 Å². The van der Waals surface area contributed by atoms with E-state index in [0.29, 0.717) is 21.8 Å². The van der Waals surface area contributed by atoms with Crippen molar-refractivity contribution in [2.45, 2.75) is 20.8 Å². The molecule has 0 aliphatic carbocycles. The molecule has 0 bridgehead atoms. The van der Waals surface area contributed by atoms with E-state index in [0.717, 1.165) is 10.4 Å². The summed E-state index contributed by atoms with van der Waals surface area (Å²) in [5, 5.41) is 6.16. The Labute approximate surface area is 150 Å². The van der Waals surface area contributed by atoms with Gasteiger partial charge in [-0.15, -0.1) is 11.3 Å². The van der Waals surface area contributed by atoms with Crippen LogP contribution in [0.3, 0.4) is 0 Å². The van der Waals surface area contributed by atoms with Crippen LogP contribution in [0, 0.1) is 13.8 Å². The third-order valence-corrected chi connectivity index (χ3v) is 4.90. The number of carbonyl (C=O) groups excluding carboxylic acids is 3. The number of Topliss-reactive ketones (excluding diaryl/α,β-unsaturated/α-hetero) is 1. The molecular weight excluding hydrogens is 340 g/mol. The van der Waals surface area contributed by atoms with E-state index in [4.69, 9.17) is 4.74 Å². The lowest BCUT2D eigenvalue weighted by Crippen LogP contribution is -2.23. The van der Waals surface area contributed by atoms with E-state index in [2.05, 4.69) is 10.6 Å². The van der Waals surface area contributed by atoms with Gasteiger partial charge in [0, 0.05) is 16.1 Å². The Kier molecular flexibility index (Phi) is 5.93. The first-order chi connectivity index (χ1) is 11.8. The van der Waals surface area contributed by atoms with Gasteiger partial charge < -0.3 is 15.4 Å². The SMILES string of the molecule is COC(=O)c1c(NC(=O)CNc2ccccc2C(C)=O)sc(C)c1C. The summed E-state index contributed by atoms with van der Waals surface area (Å²) in [5.41, 5.74) is 2.29. The number of thiophene rings is 1. The van der Waals surface area contributed by atoms with Gasteiger partial charge in [0.15, 0.2) is 5.78 Å². The van der Waals surface area contributed by atoms with Gasteiger partial charge in [0.05, 0.1) is 19.2 Å². The van der Waals surface area contributed by atoms with Crippen molar-refractivity contribution in [3.63, 3.8) is 0 Å². The van der Waals surface area contributed by atoms with Gasteiger partial charge in [-0.2, -0.15) is 0 Å². The molecule has 0 spiro atoms. The highest BCUT2D eigenvalue weighted by Gasteiger charge is 2.21. The second-order valence-electron chi connectivity index (χ2n) is 5.48. The Morgan fingerprint density at radius 3 is 2.48 bits per heavy atom. The Hall–Kier alpha value is -2.67. The van der Waals surface area contributed by atoms with Crippen LogP contribution in [0.2, 0.25) is 0 Å². The molecule has 1 aromatic carbocycles. The molecule has 6 nitrogen and oxygen atoms in total. The number of amides is 1. The maximum Gasteiger partial charge on any atom is 0.341 e. The van der Waals surface area contributed by atoms with Crippen LogP contribution in [0.5, 0.6) is 0 Å². The normalized spacial score (nSPS) is 10.2. The second-order valence-corrected chi connectivity index (χ2v) is 6.71. The van der Waals surface area contributed by atoms with E-state index in [9.17, 15) is 14.4 Å². The van der Waals surface area contributed by atoms with E-state index in [-0.39, 0.29) is 18.2 Å². The lowest BCUT2D eigenvalue weighted by molar-refractivity contribution is -0.114. The Bertz CT molecular complexity index is 826. The van der Waals surface area contributed by atoms with Gasteiger partial charge in [0.2, 0.25) is 5.91 Å². The number of benzene rings is 1. The minimum atomic E-state index is -0.480. The van der Waals surface area contributed by atoms with Crippen molar-refractivity contribution in [2.75, 3.05) is 24.3 Å². The molecule has 0 aliphatic rings. The fourth-order valence-electron chi connectivity index (χ4n) is 2.35. The molecule has 0 radical (unpaired) electrons. The standard InChI is InChI=1S/C18H20N2O4S/c1-10-12(3)25-17(16(10)18(23)24-4)20-15(22)9-19-14-8-6-5-7-13(14)11(2)21/h5-8,19H,9H2,1-4H3,(H,20,22). The number of esters is 1. The number of nitrogens with one attached hydrogen (secondary N) is 2. The highest BCUT2D eigenvalue weighted by atomic mass is 32.1. The highest BCUT2D eigenvalue weighted by Crippen LogP contribution is 2.32. The predicted octanol–water partition coefficient (Wildman–Crippen LogP) is 3.40. The summed E-state index contributed by atoms with van der Waals surface area (Å²) in [6.45, 7) is 5.14. The number of methoxy groups -OCH3 is 1. The van der Waals surface area contributed by atoms with Crippen LogP contribution >= 0.6 is 11.3 Å². The first kappa shape index (κ1) is 18.7. The van der Waals surface area contributed by atoms with Crippen molar-refractivity contribution < 1.29 is 19.1 Å². The van der Waals surface area contributed by atoms with Crippen LogP contribution in [-0.2, 0) is 9.53 Å². The zero-order chi connectivity index (χ0) is 18.6. The van der Waals surface area contributed by atoms with E-state index in [1.165, 1.54) is 25.4 Å². The van der Waals surface area contributed by atoms with Crippen LogP contribution in [-0.4, -0.2) is 31.3 Å². The van der Waals surface area contributed by atoms with Gasteiger partial charge in [-0.1, -0.05) is 12.1 Å². The molecule has 1 aromatic heterocycles. The number of hydrogen-bond acceptors (Lipinski definition) is 6. The van der Waals surface area contributed by atoms with E-state index < -0.39 is 5.97 Å². The third-order valence-electron chi connectivity index (χ3n) is 3.77. The van der Waals surface area contributed by atoms with Crippen LogP contribution < -0.4 is 10.6 Å². The summed E-state index contributed by atoms with van der Waals surface area (Å²) >= 11 is 1.33. The van der Waals surface area contributed by atoms with E-state index in [1.807, 2.05) is 13.8 Å². The lowest BCUT2D eigenvalue weighted by Gasteiger charge is -2.10. The monoisotopic (exact) mass is 360 g/mol. The van der Waals surface area contributed by atoms with E-state index in [1.54, 1.807) is 24.3 Å². The first-order valence-electron chi connectivity index (χ1n) is 7.67. The number of carbonyl (C=O) groups is 3. The fourth-order valence-corrected chi connectivity index (χ4v) is 3.42. The fraction of sp³-hybridized carbons (Fsp3) is 0.278. The molecule has 2 aromatic rings. The number of aryl methyl sites for hydroxylation is 1. The molecule has 2 N–H and O–H groups in total. The van der Waals surface area contributed by atoms with Gasteiger partial charge >= 0.3 is 5.97 Å². The molecule has 25 heavy (non-hydrogen) atoms. The second kappa shape index (κ2) is 7.94. The number of anilines is 2. The summed E-state index contributed by atoms with van der Waals surface area (Å²) in [5.74, 6) is -0.877. The zero-order valence-corrected chi connectivity index (χ0v) is 15.4. The molecule has 0 unspecified atom stereocenters. The van der Waals surface area contributed by atoms with Crippen LogP contribution in [0.25, 0.3) is 0 Å². The Balaban J connectivity index is 2.11. The predicted molar refractivity (Wildman–Crippen MR) is 98.7 cm³/mol. The molecule has 1 heterocycles. The summed E-state index contributed by atoms with van der Waals surface area (Å²) in [6.07, 6.45) is 0.